The van der Waals surface area contributed by atoms with Gasteiger partial charge in [-0.1, -0.05) is 25.7 Å². The van der Waals surface area contributed by atoms with Crippen LogP contribution in [0.15, 0.2) is 47.2 Å². The Labute approximate surface area is 225 Å². The standard InChI is InChI=1S/C26H32BrFN6O2Si/c1-18-16-35-10-9-33(18)25-14-20(19-5-6-22(27)23(28)13-19)21-15-29-34(26(21)30-25)24-7-8-32(31-24)17-36-11-12-37(2,3)4/h5-8,13-15,18H,9-12,16-17H2,1-4H3/t18-/m1/s1. The van der Waals surface area contributed by atoms with Gasteiger partial charge in [0.05, 0.1) is 29.9 Å². The van der Waals surface area contributed by atoms with E-state index in [0.29, 0.717) is 35.9 Å². The number of benzene rings is 1. The number of morpholine rings is 1. The molecule has 0 N–H and O–H groups in total. The molecule has 37 heavy (non-hydrogen) atoms. The van der Waals surface area contributed by atoms with Gasteiger partial charge in [-0.3, -0.25) is 0 Å². The zero-order valence-corrected chi connectivity index (χ0v) is 24.2. The molecule has 8 nitrogen and oxygen atoms in total. The zero-order valence-electron chi connectivity index (χ0n) is 21.6. The van der Waals surface area contributed by atoms with Crippen LogP contribution in [0.1, 0.15) is 6.92 Å². The quantitative estimate of drug-likeness (QED) is 0.194. The van der Waals surface area contributed by atoms with E-state index in [-0.39, 0.29) is 11.9 Å². The van der Waals surface area contributed by atoms with Crippen LogP contribution in [0.5, 0.6) is 0 Å². The molecule has 0 saturated carbocycles. The molecule has 1 aliphatic heterocycles. The van der Waals surface area contributed by atoms with Crippen molar-refractivity contribution < 1.29 is 13.9 Å². The molecule has 1 saturated heterocycles. The Morgan fingerprint density at radius 2 is 2.03 bits per heavy atom. The molecule has 1 fully saturated rings. The summed E-state index contributed by atoms with van der Waals surface area (Å²) in [5.74, 6) is 1.14. The van der Waals surface area contributed by atoms with Gasteiger partial charge in [-0.05, 0) is 58.2 Å². The van der Waals surface area contributed by atoms with E-state index in [0.717, 1.165) is 41.5 Å². The molecule has 0 amide bonds. The summed E-state index contributed by atoms with van der Waals surface area (Å²) in [6, 6.07) is 10.4. The summed E-state index contributed by atoms with van der Waals surface area (Å²) in [4.78, 5) is 7.24. The molecule has 0 unspecified atom stereocenters. The molecule has 3 aromatic heterocycles. The Balaban J connectivity index is 1.52. The molecule has 4 heterocycles. The maximum absolute atomic E-state index is 14.5. The number of pyridine rings is 1. The lowest BCUT2D eigenvalue weighted by Gasteiger charge is -2.34. The van der Waals surface area contributed by atoms with E-state index >= 15 is 0 Å². The summed E-state index contributed by atoms with van der Waals surface area (Å²) in [5.41, 5.74) is 2.29. The molecule has 1 aliphatic rings. The summed E-state index contributed by atoms with van der Waals surface area (Å²) >= 11 is 3.26. The van der Waals surface area contributed by atoms with Gasteiger partial charge in [0.25, 0.3) is 0 Å². The molecule has 5 rings (SSSR count). The number of fused-ring (bicyclic) bond motifs is 1. The molecule has 11 heteroatoms. The number of rotatable bonds is 8. The van der Waals surface area contributed by atoms with Crippen LogP contribution in [0.3, 0.4) is 0 Å². The van der Waals surface area contributed by atoms with Crippen LogP contribution in [0.25, 0.3) is 28.0 Å². The van der Waals surface area contributed by atoms with Crippen molar-refractivity contribution in [2.75, 3.05) is 31.3 Å². The Kier molecular flexibility index (Phi) is 7.48. The Morgan fingerprint density at radius 1 is 1.19 bits per heavy atom. The van der Waals surface area contributed by atoms with Gasteiger partial charge in [0.1, 0.15) is 18.4 Å². The molecular formula is C26H32BrFN6O2Si. The van der Waals surface area contributed by atoms with Crippen LogP contribution in [0.2, 0.25) is 25.7 Å². The lowest BCUT2D eigenvalue weighted by atomic mass is 10.0. The largest absolute Gasteiger partial charge is 0.377 e. The van der Waals surface area contributed by atoms with E-state index in [9.17, 15) is 4.39 Å². The van der Waals surface area contributed by atoms with Crippen LogP contribution < -0.4 is 4.90 Å². The first-order valence-corrected chi connectivity index (χ1v) is 17.0. The molecule has 0 radical (unpaired) electrons. The molecule has 0 spiro atoms. The van der Waals surface area contributed by atoms with Gasteiger partial charge in [-0.15, -0.1) is 0 Å². The van der Waals surface area contributed by atoms with Gasteiger partial charge in [-0.2, -0.15) is 14.9 Å². The average Bonchev–Trinajstić information content (AvgIpc) is 3.49. The van der Waals surface area contributed by atoms with Crippen molar-refractivity contribution in [3.63, 3.8) is 0 Å². The number of anilines is 1. The number of nitrogens with zero attached hydrogens (tertiary/aromatic N) is 6. The highest BCUT2D eigenvalue weighted by atomic mass is 79.9. The first-order valence-electron chi connectivity index (χ1n) is 12.5. The minimum Gasteiger partial charge on any atom is -0.377 e. The van der Waals surface area contributed by atoms with Gasteiger partial charge in [0.2, 0.25) is 0 Å². The number of aromatic nitrogens is 5. The molecule has 196 valence electrons. The van der Waals surface area contributed by atoms with Gasteiger partial charge in [0.15, 0.2) is 11.5 Å². The average molecular weight is 588 g/mol. The maximum Gasteiger partial charge on any atom is 0.177 e. The topological polar surface area (TPSA) is 70.2 Å². The summed E-state index contributed by atoms with van der Waals surface area (Å²) < 4.78 is 29.9. The van der Waals surface area contributed by atoms with E-state index in [1.54, 1.807) is 21.6 Å². The second-order valence-electron chi connectivity index (χ2n) is 10.6. The predicted octanol–water partition coefficient (Wildman–Crippen LogP) is 5.72. The van der Waals surface area contributed by atoms with Crippen LogP contribution in [0, 0.1) is 5.82 Å². The van der Waals surface area contributed by atoms with Crippen molar-refractivity contribution in [1.82, 2.24) is 24.5 Å². The van der Waals surface area contributed by atoms with Crippen molar-refractivity contribution in [3.05, 3.63) is 53.0 Å². The third-order valence-corrected chi connectivity index (χ3v) is 8.83. The second kappa shape index (κ2) is 10.6. The normalized spacial score (nSPS) is 16.6. The van der Waals surface area contributed by atoms with Crippen LogP contribution >= 0.6 is 15.9 Å². The van der Waals surface area contributed by atoms with Crippen LogP contribution in [-0.2, 0) is 16.2 Å². The highest BCUT2D eigenvalue weighted by Gasteiger charge is 2.24. The van der Waals surface area contributed by atoms with Crippen molar-refractivity contribution >= 4 is 40.9 Å². The van der Waals surface area contributed by atoms with E-state index in [4.69, 9.17) is 14.5 Å². The fourth-order valence-corrected chi connectivity index (χ4v) is 5.35. The summed E-state index contributed by atoms with van der Waals surface area (Å²) in [7, 11) is -1.14. The van der Waals surface area contributed by atoms with E-state index in [1.165, 1.54) is 6.07 Å². The lowest BCUT2D eigenvalue weighted by molar-refractivity contribution is 0.0785. The third kappa shape index (κ3) is 5.79. The highest BCUT2D eigenvalue weighted by Crippen LogP contribution is 2.34. The molecule has 0 bridgehead atoms. The number of hydrogen-bond donors (Lipinski definition) is 0. The zero-order chi connectivity index (χ0) is 26.2. The van der Waals surface area contributed by atoms with Crippen LogP contribution in [-0.4, -0.2) is 65.0 Å². The fourth-order valence-electron chi connectivity index (χ4n) is 4.34. The van der Waals surface area contributed by atoms with Crippen molar-refractivity contribution in [2.45, 2.75) is 45.4 Å². The van der Waals surface area contributed by atoms with Gasteiger partial charge in [0, 0.05) is 38.9 Å². The lowest BCUT2D eigenvalue weighted by Crippen LogP contribution is -2.44. The molecule has 4 aromatic rings. The fraction of sp³-hybridized carbons (Fsp3) is 0.423. The maximum atomic E-state index is 14.5. The smallest absolute Gasteiger partial charge is 0.177 e. The van der Waals surface area contributed by atoms with Crippen molar-refractivity contribution in [1.29, 1.82) is 0 Å². The summed E-state index contributed by atoms with van der Waals surface area (Å²) in [6.07, 6.45) is 3.66. The van der Waals surface area contributed by atoms with Crippen molar-refractivity contribution in [3.8, 4) is 16.9 Å². The number of ether oxygens (including phenoxy) is 2. The number of hydrogen-bond acceptors (Lipinski definition) is 6. The summed E-state index contributed by atoms with van der Waals surface area (Å²) in [5, 5.41) is 10.1. The second-order valence-corrected chi connectivity index (χ2v) is 17.1. The van der Waals surface area contributed by atoms with Gasteiger partial charge >= 0.3 is 0 Å². The van der Waals surface area contributed by atoms with E-state index < -0.39 is 8.07 Å². The highest BCUT2D eigenvalue weighted by molar-refractivity contribution is 9.10. The van der Waals surface area contributed by atoms with Crippen molar-refractivity contribution in [2.24, 2.45) is 0 Å². The first-order chi connectivity index (χ1) is 17.7. The molecular weight excluding hydrogens is 555 g/mol. The Hall–Kier alpha value is -2.60. The van der Waals surface area contributed by atoms with Crippen LogP contribution in [0.4, 0.5) is 10.2 Å². The van der Waals surface area contributed by atoms with E-state index in [1.807, 2.05) is 24.4 Å². The minimum absolute atomic E-state index is 0.164. The minimum atomic E-state index is -1.14. The number of halogens is 2. The monoisotopic (exact) mass is 586 g/mol. The Bertz CT molecular complexity index is 1400. The molecule has 0 aliphatic carbocycles. The molecule has 1 atom stereocenters. The molecule has 1 aromatic carbocycles. The van der Waals surface area contributed by atoms with Gasteiger partial charge < -0.3 is 14.4 Å². The summed E-state index contributed by atoms with van der Waals surface area (Å²) in [6.45, 7) is 12.2. The SMILES string of the molecule is C[C@@H]1COCCN1c1cc(-c2ccc(Br)c(F)c2)c2cnn(-c3ccn(COCC[Si](C)(C)C)n3)c2n1. The Morgan fingerprint density at radius 3 is 2.78 bits per heavy atom. The van der Waals surface area contributed by atoms with Gasteiger partial charge in [-0.25, -0.2) is 14.1 Å². The predicted molar refractivity (Wildman–Crippen MR) is 149 cm³/mol. The third-order valence-electron chi connectivity index (χ3n) is 6.48. The van der Waals surface area contributed by atoms with E-state index in [2.05, 4.69) is 57.6 Å². The first kappa shape index (κ1) is 26.0.